The summed E-state index contributed by atoms with van der Waals surface area (Å²) in [6, 6.07) is 0. The largest absolute Gasteiger partial charge is 0.503 e. The number of hydrogen-bond donors (Lipinski definition) is 4. The molecule has 1 amide bonds. The average molecular weight is 160 g/mol. The molecule has 0 atom stereocenters. The summed E-state index contributed by atoms with van der Waals surface area (Å²) in [6.07, 6.45) is -3.17. The molecule has 0 spiro atoms. The van der Waals surface area contributed by atoms with E-state index in [1.807, 2.05) is 0 Å². The third-order valence-corrected chi connectivity index (χ3v) is 0. The SMILES string of the molecule is Cl.NC(=O)O.O=C(O)O. The van der Waals surface area contributed by atoms with E-state index in [1.165, 1.54) is 0 Å². The molecule has 0 aliphatic rings. The molecule has 7 heteroatoms. The Labute approximate surface area is 56.3 Å². The zero-order chi connectivity index (χ0) is 7.15. The number of nitrogens with two attached hydrogens (primary N) is 1. The maximum absolute atomic E-state index is 8.78. The van der Waals surface area contributed by atoms with E-state index in [2.05, 4.69) is 5.73 Å². The Morgan fingerprint density at radius 1 is 1.11 bits per heavy atom. The fraction of sp³-hybridized carbons (Fsp3) is 0. The van der Waals surface area contributed by atoms with Crippen LogP contribution in [0.5, 0.6) is 0 Å². The average Bonchev–Trinajstić information content (AvgIpc) is 1.25. The smallest absolute Gasteiger partial charge is 0.465 e. The molecule has 9 heavy (non-hydrogen) atoms. The van der Waals surface area contributed by atoms with Crippen molar-refractivity contribution >= 4 is 24.7 Å². The molecule has 0 radical (unpaired) electrons. The highest BCUT2D eigenvalue weighted by Crippen LogP contribution is 1.42. The second kappa shape index (κ2) is 9.95. The molecule has 0 fully saturated rings. The van der Waals surface area contributed by atoms with Gasteiger partial charge in [0.25, 0.3) is 0 Å². The van der Waals surface area contributed by atoms with Crippen molar-refractivity contribution in [2.75, 3.05) is 0 Å². The van der Waals surface area contributed by atoms with Gasteiger partial charge in [0.05, 0.1) is 0 Å². The van der Waals surface area contributed by atoms with Crippen LogP contribution in [-0.2, 0) is 0 Å². The van der Waals surface area contributed by atoms with Crippen LogP contribution in [0, 0.1) is 0 Å². The van der Waals surface area contributed by atoms with Crippen LogP contribution in [0.4, 0.5) is 9.59 Å². The monoisotopic (exact) mass is 159 g/mol. The number of rotatable bonds is 0. The quantitative estimate of drug-likeness (QED) is 0.404. The first-order valence-electron chi connectivity index (χ1n) is 1.37. The van der Waals surface area contributed by atoms with E-state index in [1.54, 1.807) is 0 Å². The van der Waals surface area contributed by atoms with E-state index in [4.69, 9.17) is 24.9 Å². The molecule has 0 heterocycles. The Morgan fingerprint density at radius 2 is 1.11 bits per heavy atom. The standard InChI is InChI=1S/CH3NO2.CH2O3.ClH/c2*2-1(3)4;/h2H2,(H,3,4);(H2,2,3,4);1H. The van der Waals surface area contributed by atoms with Crippen molar-refractivity contribution in [3.8, 4) is 0 Å². The van der Waals surface area contributed by atoms with Crippen molar-refractivity contribution in [2.45, 2.75) is 0 Å². The Morgan fingerprint density at radius 3 is 1.11 bits per heavy atom. The minimum Gasteiger partial charge on any atom is -0.465 e. The normalized spacial score (nSPS) is 5.33. The Balaban J connectivity index is -0.0000000720. The third kappa shape index (κ3) is 116. The first kappa shape index (κ1) is 15.7. The topological polar surface area (TPSA) is 121 Å². The number of carboxylic acid groups (broad SMARTS) is 3. The van der Waals surface area contributed by atoms with Crippen molar-refractivity contribution in [3.63, 3.8) is 0 Å². The summed E-state index contributed by atoms with van der Waals surface area (Å²) >= 11 is 0. The molecule has 56 valence electrons. The van der Waals surface area contributed by atoms with Crippen LogP contribution in [0.25, 0.3) is 0 Å². The van der Waals surface area contributed by atoms with E-state index in [-0.39, 0.29) is 12.4 Å². The predicted molar refractivity (Wildman–Crippen MR) is 30.1 cm³/mol. The molecule has 0 saturated heterocycles. The number of primary amides is 1. The predicted octanol–water partition coefficient (Wildman–Crippen LogP) is 0.267. The third-order valence-electron chi connectivity index (χ3n) is 0. The summed E-state index contributed by atoms with van der Waals surface area (Å²) in [5.41, 5.74) is 4.03. The number of amides is 1. The summed E-state index contributed by atoms with van der Waals surface area (Å²) in [5, 5.41) is 21.1. The van der Waals surface area contributed by atoms with Crippen molar-refractivity contribution in [1.29, 1.82) is 0 Å². The van der Waals surface area contributed by atoms with Gasteiger partial charge in [-0.2, -0.15) is 0 Å². The van der Waals surface area contributed by atoms with Crippen LogP contribution in [0.1, 0.15) is 0 Å². The van der Waals surface area contributed by atoms with Gasteiger partial charge >= 0.3 is 12.2 Å². The lowest BCUT2D eigenvalue weighted by Crippen LogP contribution is -2.03. The van der Waals surface area contributed by atoms with Gasteiger partial charge in [0.2, 0.25) is 0 Å². The minimum atomic E-state index is -1.83. The highest BCUT2D eigenvalue weighted by molar-refractivity contribution is 5.85. The lowest BCUT2D eigenvalue weighted by atomic mass is 11.3. The second-order valence-electron chi connectivity index (χ2n) is 0.621. The molecule has 0 rings (SSSR count). The lowest BCUT2D eigenvalue weighted by molar-refractivity contribution is 0.137. The Kier molecular flexibility index (Phi) is 17.3. The molecule has 6 nitrogen and oxygen atoms in total. The lowest BCUT2D eigenvalue weighted by Gasteiger charge is -1.61. The summed E-state index contributed by atoms with van der Waals surface area (Å²) < 4.78 is 0. The molecule has 0 bridgehead atoms. The van der Waals surface area contributed by atoms with Gasteiger partial charge in [0, 0.05) is 0 Å². The molecule has 0 aliphatic heterocycles. The summed E-state index contributed by atoms with van der Waals surface area (Å²) in [7, 11) is 0. The van der Waals surface area contributed by atoms with Crippen molar-refractivity contribution in [2.24, 2.45) is 5.73 Å². The van der Waals surface area contributed by atoms with Gasteiger partial charge in [0.15, 0.2) is 0 Å². The zero-order valence-corrected chi connectivity index (χ0v) is 4.96. The minimum absolute atomic E-state index is 0. The molecule has 0 aliphatic carbocycles. The maximum Gasteiger partial charge on any atom is 0.503 e. The number of carbonyl (C=O) groups is 2. The highest BCUT2D eigenvalue weighted by atomic mass is 35.5. The number of halogens is 1. The van der Waals surface area contributed by atoms with E-state index in [0.717, 1.165) is 0 Å². The molecule has 5 N–H and O–H groups in total. The first-order valence-corrected chi connectivity index (χ1v) is 1.37. The van der Waals surface area contributed by atoms with Gasteiger partial charge in [-0.15, -0.1) is 12.4 Å². The van der Waals surface area contributed by atoms with E-state index < -0.39 is 12.2 Å². The molecule has 0 unspecified atom stereocenters. The van der Waals surface area contributed by atoms with Crippen LogP contribution in [0.3, 0.4) is 0 Å². The summed E-state index contributed by atoms with van der Waals surface area (Å²) in [6.45, 7) is 0. The summed E-state index contributed by atoms with van der Waals surface area (Å²) in [5.74, 6) is 0. The Hall–Kier alpha value is -1.17. The van der Waals surface area contributed by atoms with E-state index in [9.17, 15) is 0 Å². The molecule has 0 aromatic carbocycles. The molecule has 0 aromatic rings. The molecular formula is C2H6ClNO5. The molecular weight excluding hydrogens is 153 g/mol. The van der Waals surface area contributed by atoms with Crippen molar-refractivity contribution in [1.82, 2.24) is 0 Å². The van der Waals surface area contributed by atoms with Gasteiger partial charge in [-0.3, -0.25) is 0 Å². The van der Waals surface area contributed by atoms with Crippen LogP contribution >= 0.6 is 12.4 Å². The van der Waals surface area contributed by atoms with Gasteiger partial charge in [-0.05, 0) is 0 Å². The van der Waals surface area contributed by atoms with Crippen LogP contribution in [0.2, 0.25) is 0 Å². The van der Waals surface area contributed by atoms with Gasteiger partial charge in [-0.25, -0.2) is 9.59 Å². The Bertz CT molecular complexity index is 73.0. The zero-order valence-electron chi connectivity index (χ0n) is 4.14. The van der Waals surface area contributed by atoms with E-state index >= 15 is 0 Å². The van der Waals surface area contributed by atoms with Gasteiger partial charge < -0.3 is 21.1 Å². The van der Waals surface area contributed by atoms with Gasteiger partial charge in [-0.1, -0.05) is 0 Å². The highest BCUT2D eigenvalue weighted by Gasteiger charge is 1.70. The summed E-state index contributed by atoms with van der Waals surface area (Å²) in [4.78, 5) is 17.3. The van der Waals surface area contributed by atoms with Crippen molar-refractivity contribution in [3.05, 3.63) is 0 Å². The molecule has 0 saturated carbocycles. The van der Waals surface area contributed by atoms with Crippen molar-refractivity contribution < 1.29 is 24.9 Å². The van der Waals surface area contributed by atoms with Crippen LogP contribution in [-0.4, -0.2) is 27.6 Å². The fourth-order valence-corrected chi connectivity index (χ4v) is 0. The second-order valence-corrected chi connectivity index (χ2v) is 0.621. The number of hydrogen-bond acceptors (Lipinski definition) is 2. The van der Waals surface area contributed by atoms with E-state index in [0.29, 0.717) is 0 Å². The van der Waals surface area contributed by atoms with Crippen LogP contribution < -0.4 is 5.73 Å². The van der Waals surface area contributed by atoms with Crippen LogP contribution in [0.15, 0.2) is 0 Å². The maximum atomic E-state index is 8.78. The van der Waals surface area contributed by atoms with Gasteiger partial charge in [0.1, 0.15) is 0 Å². The fourth-order valence-electron chi connectivity index (χ4n) is 0. The molecule has 0 aromatic heterocycles. The first-order chi connectivity index (χ1) is 3.46.